The van der Waals surface area contributed by atoms with E-state index in [9.17, 15) is 4.79 Å². The zero-order valence-electron chi connectivity index (χ0n) is 10.9. The number of rotatable bonds is 4. The van der Waals surface area contributed by atoms with Gasteiger partial charge >= 0.3 is 5.97 Å². The largest absolute Gasteiger partial charge is 0.462 e. The van der Waals surface area contributed by atoms with Crippen LogP contribution in [0.3, 0.4) is 0 Å². The van der Waals surface area contributed by atoms with Crippen LogP contribution in [0.4, 0.5) is 5.69 Å². The van der Waals surface area contributed by atoms with Crippen molar-refractivity contribution in [1.29, 1.82) is 0 Å². The smallest absolute Gasteiger partial charge is 0.342 e. The SMILES string of the molecule is CCOC(=O)c1cccc(N)c1Oc1ccccc1Cl. The third kappa shape index (κ3) is 3.03. The van der Waals surface area contributed by atoms with Gasteiger partial charge in [0.15, 0.2) is 5.75 Å². The predicted molar refractivity (Wildman–Crippen MR) is 78.3 cm³/mol. The molecule has 0 spiro atoms. The van der Waals surface area contributed by atoms with Crippen molar-refractivity contribution < 1.29 is 14.3 Å². The molecule has 0 atom stereocenters. The zero-order valence-corrected chi connectivity index (χ0v) is 11.7. The summed E-state index contributed by atoms with van der Waals surface area (Å²) >= 11 is 6.04. The van der Waals surface area contributed by atoms with Crippen LogP contribution < -0.4 is 10.5 Å². The van der Waals surface area contributed by atoms with Crippen LogP contribution in [0.25, 0.3) is 0 Å². The van der Waals surface area contributed by atoms with Crippen LogP contribution in [-0.4, -0.2) is 12.6 Å². The monoisotopic (exact) mass is 291 g/mol. The Hall–Kier alpha value is -2.20. The number of para-hydroxylation sites is 2. The van der Waals surface area contributed by atoms with Crippen LogP contribution in [0, 0.1) is 0 Å². The molecule has 0 fully saturated rings. The van der Waals surface area contributed by atoms with Crippen molar-refractivity contribution in [2.45, 2.75) is 6.92 Å². The molecular formula is C15H14ClNO3. The van der Waals surface area contributed by atoms with Crippen LogP contribution >= 0.6 is 11.6 Å². The molecule has 2 aromatic rings. The predicted octanol–water partition coefficient (Wildman–Crippen LogP) is 3.89. The minimum absolute atomic E-state index is 0.249. The average Bonchev–Trinajstić information content (AvgIpc) is 2.43. The highest BCUT2D eigenvalue weighted by Crippen LogP contribution is 2.35. The number of ether oxygens (including phenoxy) is 2. The Morgan fingerprint density at radius 1 is 1.20 bits per heavy atom. The second-order valence-corrected chi connectivity index (χ2v) is 4.38. The summed E-state index contributed by atoms with van der Waals surface area (Å²) in [6, 6.07) is 11.9. The van der Waals surface area contributed by atoms with E-state index in [0.717, 1.165) is 0 Å². The van der Waals surface area contributed by atoms with Crippen molar-refractivity contribution in [2.24, 2.45) is 0 Å². The topological polar surface area (TPSA) is 61.5 Å². The Bertz CT molecular complexity index is 628. The fourth-order valence-electron chi connectivity index (χ4n) is 1.68. The van der Waals surface area contributed by atoms with E-state index in [0.29, 0.717) is 16.5 Å². The minimum Gasteiger partial charge on any atom is -0.462 e. The number of carbonyl (C=O) groups is 1. The van der Waals surface area contributed by atoms with Gasteiger partial charge in [-0.25, -0.2) is 4.79 Å². The highest BCUT2D eigenvalue weighted by Gasteiger charge is 2.17. The van der Waals surface area contributed by atoms with Crippen molar-refractivity contribution >= 4 is 23.3 Å². The molecular weight excluding hydrogens is 278 g/mol. The second kappa shape index (κ2) is 6.30. The Kier molecular flexibility index (Phi) is 4.48. The number of anilines is 1. The summed E-state index contributed by atoms with van der Waals surface area (Å²) in [5.74, 6) is 0.193. The maximum Gasteiger partial charge on any atom is 0.342 e. The molecule has 2 aromatic carbocycles. The van der Waals surface area contributed by atoms with E-state index in [1.165, 1.54) is 0 Å². The molecule has 0 aliphatic rings. The highest BCUT2D eigenvalue weighted by atomic mass is 35.5. The van der Waals surface area contributed by atoms with E-state index in [4.69, 9.17) is 26.8 Å². The summed E-state index contributed by atoms with van der Waals surface area (Å²) in [6.07, 6.45) is 0. The molecule has 0 aromatic heterocycles. The normalized spacial score (nSPS) is 10.1. The second-order valence-electron chi connectivity index (χ2n) is 3.98. The van der Waals surface area contributed by atoms with Crippen LogP contribution in [-0.2, 0) is 4.74 Å². The first kappa shape index (κ1) is 14.2. The molecule has 4 nitrogen and oxygen atoms in total. The molecule has 0 radical (unpaired) electrons. The fourth-order valence-corrected chi connectivity index (χ4v) is 1.85. The summed E-state index contributed by atoms with van der Waals surface area (Å²) in [4.78, 5) is 11.9. The third-order valence-electron chi connectivity index (χ3n) is 2.59. The van der Waals surface area contributed by atoms with Gasteiger partial charge in [0.2, 0.25) is 0 Å². The van der Waals surface area contributed by atoms with Gasteiger partial charge in [-0.05, 0) is 31.2 Å². The van der Waals surface area contributed by atoms with Crippen molar-refractivity contribution in [2.75, 3.05) is 12.3 Å². The van der Waals surface area contributed by atoms with E-state index in [-0.39, 0.29) is 17.9 Å². The van der Waals surface area contributed by atoms with Gasteiger partial charge in [0.05, 0.1) is 17.3 Å². The standard InChI is InChI=1S/C15H14ClNO3/c1-2-19-15(18)10-6-5-8-12(17)14(10)20-13-9-4-3-7-11(13)16/h3-9H,2,17H2,1H3. The molecule has 0 saturated heterocycles. The lowest BCUT2D eigenvalue weighted by Crippen LogP contribution is -2.08. The lowest BCUT2D eigenvalue weighted by Gasteiger charge is -2.13. The molecule has 0 aliphatic carbocycles. The Labute approximate surface area is 122 Å². The van der Waals surface area contributed by atoms with E-state index < -0.39 is 5.97 Å². The fraction of sp³-hybridized carbons (Fsp3) is 0.133. The number of nitrogen functional groups attached to an aromatic ring is 1. The van der Waals surface area contributed by atoms with E-state index in [1.807, 2.05) is 0 Å². The summed E-state index contributed by atoms with van der Waals surface area (Å²) in [6.45, 7) is 2.01. The number of hydrogen-bond donors (Lipinski definition) is 1. The maximum atomic E-state index is 11.9. The maximum absolute atomic E-state index is 11.9. The van der Waals surface area contributed by atoms with Crippen LogP contribution in [0.2, 0.25) is 5.02 Å². The van der Waals surface area contributed by atoms with E-state index in [1.54, 1.807) is 49.4 Å². The number of nitrogens with two attached hydrogens (primary N) is 1. The highest BCUT2D eigenvalue weighted by molar-refractivity contribution is 6.32. The van der Waals surface area contributed by atoms with Crippen molar-refractivity contribution in [1.82, 2.24) is 0 Å². The van der Waals surface area contributed by atoms with Gasteiger partial charge in [0, 0.05) is 0 Å². The molecule has 2 N–H and O–H groups in total. The van der Waals surface area contributed by atoms with Gasteiger partial charge in [-0.1, -0.05) is 29.8 Å². The van der Waals surface area contributed by atoms with Gasteiger partial charge in [-0.2, -0.15) is 0 Å². The van der Waals surface area contributed by atoms with Crippen molar-refractivity contribution in [3.05, 3.63) is 53.1 Å². The van der Waals surface area contributed by atoms with Gasteiger partial charge in [0.25, 0.3) is 0 Å². The first-order valence-corrected chi connectivity index (χ1v) is 6.49. The molecule has 0 aliphatic heterocycles. The quantitative estimate of drug-likeness (QED) is 0.686. The number of halogens is 1. The summed E-state index contributed by atoms with van der Waals surface area (Å²) in [5, 5.41) is 0.436. The molecule has 0 bridgehead atoms. The number of benzene rings is 2. The number of carbonyl (C=O) groups excluding carboxylic acids is 1. The van der Waals surface area contributed by atoms with Gasteiger partial charge in [-0.15, -0.1) is 0 Å². The van der Waals surface area contributed by atoms with Gasteiger partial charge < -0.3 is 15.2 Å². The molecule has 0 amide bonds. The Morgan fingerprint density at radius 3 is 2.65 bits per heavy atom. The Balaban J connectivity index is 2.40. The molecule has 20 heavy (non-hydrogen) atoms. The zero-order chi connectivity index (χ0) is 14.5. The molecule has 104 valence electrons. The first-order chi connectivity index (χ1) is 9.63. The molecule has 2 rings (SSSR count). The average molecular weight is 292 g/mol. The molecule has 0 saturated carbocycles. The molecule has 0 heterocycles. The molecule has 0 unspecified atom stereocenters. The number of esters is 1. The Morgan fingerprint density at radius 2 is 1.95 bits per heavy atom. The minimum atomic E-state index is -0.484. The van der Waals surface area contributed by atoms with Crippen LogP contribution in [0.15, 0.2) is 42.5 Å². The first-order valence-electron chi connectivity index (χ1n) is 6.11. The summed E-state index contributed by atoms with van der Waals surface area (Å²) < 4.78 is 10.7. The lowest BCUT2D eigenvalue weighted by molar-refractivity contribution is 0.0523. The van der Waals surface area contributed by atoms with Gasteiger partial charge in [-0.3, -0.25) is 0 Å². The van der Waals surface area contributed by atoms with E-state index >= 15 is 0 Å². The third-order valence-corrected chi connectivity index (χ3v) is 2.90. The van der Waals surface area contributed by atoms with E-state index in [2.05, 4.69) is 0 Å². The van der Waals surface area contributed by atoms with Crippen LogP contribution in [0.1, 0.15) is 17.3 Å². The lowest BCUT2D eigenvalue weighted by atomic mass is 10.1. The van der Waals surface area contributed by atoms with Gasteiger partial charge in [0.1, 0.15) is 11.3 Å². The summed E-state index contributed by atoms with van der Waals surface area (Å²) in [7, 11) is 0. The van der Waals surface area contributed by atoms with Crippen molar-refractivity contribution in [3.63, 3.8) is 0 Å². The summed E-state index contributed by atoms with van der Waals surface area (Å²) in [5.41, 5.74) is 6.49. The van der Waals surface area contributed by atoms with Crippen molar-refractivity contribution in [3.8, 4) is 11.5 Å². The number of hydrogen-bond acceptors (Lipinski definition) is 4. The van der Waals surface area contributed by atoms with Crippen LogP contribution in [0.5, 0.6) is 11.5 Å². The molecule has 5 heteroatoms.